The van der Waals surface area contributed by atoms with Crippen molar-refractivity contribution < 1.29 is 73.9 Å². The molecule has 77 heavy (non-hydrogen) atoms. The number of ether oxygens (including phenoxy) is 4. The van der Waals surface area contributed by atoms with E-state index in [4.69, 9.17) is 36.1 Å². The Balaban J connectivity index is 1.43. The average molecular weight is 1060 g/mol. The van der Waals surface area contributed by atoms with Crippen LogP contribution in [0.4, 0.5) is 0 Å². The third kappa shape index (κ3) is 11.6. The molecule has 0 spiro atoms. The Hall–Kier alpha value is -6.87. The van der Waals surface area contributed by atoms with E-state index in [2.05, 4.69) is 22.2 Å². The molecule has 1 saturated carbocycles. The van der Waals surface area contributed by atoms with Gasteiger partial charge in [0.25, 0.3) is 0 Å². The zero-order chi connectivity index (χ0) is 55.5. The van der Waals surface area contributed by atoms with Gasteiger partial charge in [0.15, 0.2) is 29.9 Å². The van der Waals surface area contributed by atoms with E-state index < -0.39 is 114 Å². The maximum Gasteiger partial charge on any atom is 0.308 e. The maximum atomic E-state index is 15.9. The number of rotatable bonds is 14. The fraction of sp³-hybridized carbons (Fsp3) is 0.421. The van der Waals surface area contributed by atoms with Crippen LogP contribution >= 0.6 is 0 Å². The standard InChI is InChI=1S/C57H65N5O15/c1-29-52(70)57(72,73)53(74-20-19-62-55(59)60)54(75-29)77-51-39-11-6-10-36(58)14-15-37(66)22-32-8-4-7-31(21-32)13-16-38-43(76-30(2)65)24-35(27-63)44-45(38)50(69)46(39)47(49(44)68)48(67)40(51)23-34-9-5-12-42(41(34)28-64)56(71)18-17-33(25-56)26-61-3/h4-5,7-9,12-13,16,21,24,28-29,33,36-37,52-54,61,63,66-67,70-73H,11,14-15,17-20,22-23,25-27,58H2,1-3H3,(H4,59,60,62). The molecule has 0 aromatic heterocycles. The van der Waals surface area contributed by atoms with Gasteiger partial charge >= 0.3 is 5.97 Å². The molecule has 20 heteroatoms. The van der Waals surface area contributed by atoms with E-state index in [1.165, 1.54) is 19.1 Å². The third-order valence-corrected chi connectivity index (χ3v) is 14.7. The summed E-state index contributed by atoms with van der Waals surface area (Å²) >= 11 is 0. The average Bonchev–Trinajstić information content (AvgIpc) is 3.96. The van der Waals surface area contributed by atoms with E-state index in [1.54, 1.807) is 43.5 Å². The number of aliphatic hydroxyl groups excluding tert-OH is 3. The van der Waals surface area contributed by atoms with Crippen LogP contribution in [0, 0.1) is 17.8 Å². The number of nitrogens with one attached hydrogen (secondary N) is 1. The zero-order valence-corrected chi connectivity index (χ0v) is 43.0. The summed E-state index contributed by atoms with van der Waals surface area (Å²) in [5.74, 6) is -1.44. The monoisotopic (exact) mass is 1060 g/mol. The maximum absolute atomic E-state index is 15.9. The van der Waals surface area contributed by atoms with Crippen LogP contribution in [0.25, 0.3) is 12.2 Å². The topological polar surface area (TPSA) is 349 Å². The predicted octanol–water partition coefficient (Wildman–Crippen LogP) is 1.76. The first-order chi connectivity index (χ1) is 36.7. The fourth-order valence-electron chi connectivity index (χ4n) is 11.0. The van der Waals surface area contributed by atoms with E-state index in [1.807, 2.05) is 12.1 Å². The van der Waals surface area contributed by atoms with Gasteiger partial charge in [-0.3, -0.25) is 24.2 Å². The van der Waals surface area contributed by atoms with E-state index >= 15 is 9.59 Å². The zero-order valence-electron chi connectivity index (χ0n) is 43.0. The minimum Gasteiger partial charge on any atom is -0.507 e. The number of phenols is 1. The van der Waals surface area contributed by atoms with Gasteiger partial charge in [0.1, 0.15) is 23.4 Å². The number of aliphatic imine (C=N–C) groups is 1. The molecule has 4 aromatic carbocycles. The number of hydrogen-bond acceptors (Lipinski definition) is 18. The van der Waals surface area contributed by atoms with Crippen LogP contribution in [0.5, 0.6) is 17.2 Å². The Morgan fingerprint density at radius 3 is 2.45 bits per heavy atom. The van der Waals surface area contributed by atoms with E-state index in [9.17, 15) is 45.3 Å². The smallest absolute Gasteiger partial charge is 0.308 e. The summed E-state index contributed by atoms with van der Waals surface area (Å²) in [4.78, 5) is 61.5. The summed E-state index contributed by atoms with van der Waals surface area (Å²) < 4.78 is 24.4. The lowest BCUT2D eigenvalue weighted by Gasteiger charge is -2.46. The van der Waals surface area contributed by atoms with Gasteiger partial charge in [-0.1, -0.05) is 60.4 Å². The number of benzene rings is 4. The number of carbonyl (C=O) groups excluding carboxylic acids is 4. The summed E-state index contributed by atoms with van der Waals surface area (Å²) in [6, 6.07) is 12.4. The van der Waals surface area contributed by atoms with Gasteiger partial charge in [-0.2, -0.15) is 0 Å². The number of esters is 1. The summed E-state index contributed by atoms with van der Waals surface area (Å²) in [5, 5.41) is 84.7. The van der Waals surface area contributed by atoms with Crippen molar-refractivity contribution in [2.45, 2.75) is 120 Å². The molecular formula is C57H65N5O15. The second kappa shape index (κ2) is 23.4. The van der Waals surface area contributed by atoms with Crippen molar-refractivity contribution in [3.05, 3.63) is 121 Å². The van der Waals surface area contributed by atoms with Gasteiger partial charge in [0.05, 0.1) is 49.2 Å². The van der Waals surface area contributed by atoms with Crippen molar-refractivity contribution in [2.75, 3.05) is 26.7 Å². The van der Waals surface area contributed by atoms with Crippen LogP contribution < -0.4 is 32.0 Å². The molecule has 408 valence electrons. The van der Waals surface area contributed by atoms with Crippen LogP contribution in [0.2, 0.25) is 0 Å². The quantitative estimate of drug-likeness (QED) is 0.0110. The van der Waals surface area contributed by atoms with Gasteiger partial charge in [-0.15, -0.1) is 0 Å². The highest BCUT2D eigenvalue weighted by Crippen LogP contribution is 2.50. The van der Waals surface area contributed by atoms with Crippen LogP contribution in [0.1, 0.15) is 133 Å². The van der Waals surface area contributed by atoms with Gasteiger partial charge in [0.2, 0.25) is 12.1 Å². The first kappa shape index (κ1) is 56.3. The number of carbonyl (C=O) groups is 4. The Morgan fingerprint density at radius 1 is 0.987 bits per heavy atom. The van der Waals surface area contributed by atoms with E-state index in [0.717, 1.165) is 12.5 Å². The predicted molar refractivity (Wildman–Crippen MR) is 281 cm³/mol. The molecule has 2 fully saturated rings. The summed E-state index contributed by atoms with van der Waals surface area (Å²) in [5.41, 5.74) is 15.9. The lowest BCUT2D eigenvalue weighted by atomic mass is 9.75. The lowest BCUT2D eigenvalue weighted by molar-refractivity contribution is -0.378. The first-order valence-electron chi connectivity index (χ1n) is 25.5. The molecule has 8 unspecified atom stereocenters. The molecule has 4 aliphatic rings. The number of aldehydes is 1. The number of nitrogens with zero attached hydrogens (tertiary/aromatic N) is 1. The van der Waals surface area contributed by atoms with Crippen LogP contribution in [0.15, 0.2) is 53.5 Å². The van der Waals surface area contributed by atoms with Crippen LogP contribution in [0.3, 0.4) is 0 Å². The van der Waals surface area contributed by atoms with E-state index in [0.29, 0.717) is 43.2 Å². The first-order valence-corrected chi connectivity index (χ1v) is 25.5. The molecule has 1 heterocycles. The number of aliphatic hydroxyl groups is 6. The van der Waals surface area contributed by atoms with Crippen molar-refractivity contribution in [3.63, 3.8) is 0 Å². The molecular weight excluding hydrogens is 995 g/mol. The number of aromatic hydroxyl groups is 1. The number of fused-ring (bicyclic) bond motifs is 2. The number of hydrogen-bond donors (Lipinski definition) is 11. The number of nitrogens with two attached hydrogens (primary N) is 3. The molecule has 14 N–H and O–H groups in total. The Morgan fingerprint density at radius 2 is 1.74 bits per heavy atom. The SMILES string of the molecule is CNCC1CCC(O)(c2cccc(Cc3c(O)c4c5c(c3OC3OC(C)C(O)C(O)(O)C3OCCN=C(N)N)CC#CC(N)CCC(O)Cc3cccc(c3)C=Cc3c(OC(C)=O)cc(CO)c(c3C5=O)C4=O)c2C=O)C1. The summed E-state index contributed by atoms with van der Waals surface area (Å²) in [6.45, 7) is 1.65. The molecule has 1 saturated heterocycles. The molecule has 8 atom stereocenters. The number of ketones is 2. The van der Waals surface area contributed by atoms with Gasteiger partial charge in [-0.05, 0) is 105 Å². The molecule has 3 aliphatic carbocycles. The van der Waals surface area contributed by atoms with Crippen LogP contribution in [-0.4, -0.2) is 135 Å². The summed E-state index contributed by atoms with van der Waals surface area (Å²) in [6.07, 6.45) is -3.35. The van der Waals surface area contributed by atoms with Gasteiger partial charge < -0.3 is 77.2 Å². The Bertz CT molecular complexity index is 3090. The normalized spacial score (nSPS) is 24.7. The molecule has 0 amide bonds. The second-order valence-corrected chi connectivity index (χ2v) is 20.1. The summed E-state index contributed by atoms with van der Waals surface area (Å²) in [7, 11) is 1.81. The minimum absolute atomic E-state index is 0.0553. The Labute approximate surface area is 444 Å². The lowest BCUT2D eigenvalue weighted by Crippen LogP contribution is -2.67. The van der Waals surface area contributed by atoms with Crippen molar-refractivity contribution in [3.8, 4) is 29.1 Å². The molecule has 0 radical (unpaired) electrons. The largest absolute Gasteiger partial charge is 0.507 e. The number of guanidine groups is 1. The second-order valence-electron chi connectivity index (χ2n) is 20.1. The molecule has 4 bridgehead atoms. The third-order valence-electron chi connectivity index (χ3n) is 14.7. The number of phenolic OH excluding ortho intramolecular Hbond substituents is 1. The highest BCUT2D eigenvalue weighted by molar-refractivity contribution is 6.32. The molecule has 20 nitrogen and oxygen atoms in total. The molecule has 1 aliphatic heterocycles. The van der Waals surface area contributed by atoms with Crippen molar-refractivity contribution in [1.29, 1.82) is 0 Å². The fourth-order valence-corrected chi connectivity index (χ4v) is 11.0. The highest BCUT2D eigenvalue weighted by Gasteiger charge is 2.56. The minimum atomic E-state index is -3.11. The highest BCUT2D eigenvalue weighted by atomic mass is 16.7. The van der Waals surface area contributed by atoms with Crippen molar-refractivity contribution in [1.82, 2.24) is 5.32 Å². The van der Waals surface area contributed by atoms with Crippen molar-refractivity contribution >= 4 is 41.9 Å². The van der Waals surface area contributed by atoms with Crippen LogP contribution in [-0.2, 0) is 45.7 Å². The Kier molecular flexibility index (Phi) is 17.1. The van der Waals surface area contributed by atoms with Gasteiger partial charge in [0, 0.05) is 58.7 Å². The van der Waals surface area contributed by atoms with E-state index in [-0.39, 0.29) is 87.9 Å². The van der Waals surface area contributed by atoms with Gasteiger partial charge in [-0.25, -0.2) is 0 Å². The molecule has 4 aromatic rings. The van der Waals surface area contributed by atoms with Crippen molar-refractivity contribution in [2.24, 2.45) is 28.1 Å². The molecule has 8 rings (SSSR count).